The van der Waals surface area contributed by atoms with Gasteiger partial charge in [-0.15, -0.1) is 0 Å². The molecule has 138 valence electrons. The van der Waals surface area contributed by atoms with E-state index in [1.54, 1.807) is 12.3 Å². The van der Waals surface area contributed by atoms with Gasteiger partial charge in [0.05, 0.1) is 10.6 Å². The predicted octanol–water partition coefficient (Wildman–Crippen LogP) is 6.12. The maximum atomic E-state index is 11.0. The molecule has 7 heteroatoms. The number of hydrogen-bond acceptors (Lipinski definition) is 5. The van der Waals surface area contributed by atoms with E-state index in [-0.39, 0.29) is 10.7 Å². The lowest BCUT2D eigenvalue weighted by atomic mass is 10.2. The van der Waals surface area contributed by atoms with E-state index in [2.05, 4.69) is 9.98 Å². The first-order chi connectivity index (χ1) is 13.5. The van der Waals surface area contributed by atoms with Crippen molar-refractivity contribution < 1.29 is 9.34 Å². The number of fused-ring (bicyclic) bond motifs is 1. The van der Waals surface area contributed by atoms with Gasteiger partial charge in [0.15, 0.2) is 5.58 Å². The average molecular weight is 392 g/mol. The van der Waals surface area contributed by atoms with Gasteiger partial charge in [-0.25, -0.2) is 4.98 Å². The van der Waals surface area contributed by atoms with Crippen molar-refractivity contribution in [3.8, 4) is 11.5 Å². The Kier molecular flexibility index (Phi) is 4.63. The fourth-order valence-corrected chi connectivity index (χ4v) is 2.93. The van der Waals surface area contributed by atoms with Crippen molar-refractivity contribution in [1.29, 1.82) is 0 Å². The Balaban J connectivity index is 1.57. The van der Waals surface area contributed by atoms with Crippen LogP contribution in [0.25, 0.3) is 22.6 Å². The van der Waals surface area contributed by atoms with Gasteiger partial charge in [-0.3, -0.25) is 15.1 Å². The number of nitrogens with zero attached hydrogens (tertiary/aromatic N) is 3. The van der Waals surface area contributed by atoms with Gasteiger partial charge in [-0.1, -0.05) is 23.7 Å². The summed E-state index contributed by atoms with van der Waals surface area (Å²) in [5, 5.41) is 11.1. The zero-order valence-corrected chi connectivity index (χ0v) is 15.6. The van der Waals surface area contributed by atoms with Gasteiger partial charge in [0.2, 0.25) is 5.89 Å². The minimum absolute atomic E-state index is 0.0973. The fourth-order valence-electron chi connectivity index (χ4n) is 2.74. The molecule has 1 aromatic heterocycles. The van der Waals surface area contributed by atoms with E-state index in [0.29, 0.717) is 17.1 Å². The summed E-state index contributed by atoms with van der Waals surface area (Å²) >= 11 is 5.82. The third-order valence-electron chi connectivity index (χ3n) is 4.19. The zero-order chi connectivity index (χ0) is 19.7. The summed E-state index contributed by atoms with van der Waals surface area (Å²) < 4.78 is 5.82. The molecule has 0 bridgehead atoms. The molecule has 0 saturated heterocycles. The molecule has 0 atom stereocenters. The number of aliphatic imine (C=N–C) groups is 1. The fraction of sp³-hybridized carbons (Fsp3) is 0.0476. The topological polar surface area (TPSA) is 81.5 Å². The molecule has 4 rings (SSSR count). The van der Waals surface area contributed by atoms with Gasteiger partial charge in [0.1, 0.15) is 10.5 Å². The monoisotopic (exact) mass is 391 g/mol. The summed E-state index contributed by atoms with van der Waals surface area (Å²) in [6, 6.07) is 17.8. The van der Waals surface area contributed by atoms with Gasteiger partial charge >= 0.3 is 0 Å². The Labute approximate surface area is 165 Å². The first-order valence-electron chi connectivity index (χ1n) is 8.45. The average Bonchev–Trinajstić information content (AvgIpc) is 3.10. The normalized spacial score (nSPS) is 11.4. The van der Waals surface area contributed by atoms with E-state index < -0.39 is 4.92 Å². The number of rotatable bonds is 4. The predicted molar refractivity (Wildman–Crippen MR) is 110 cm³/mol. The minimum Gasteiger partial charge on any atom is -0.436 e. The Morgan fingerprint density at radius 1 is 1.11 bits per heavy atom. The van der Waals surface area contributed by atoms with Crippen molar-refractivity contribution in [2.45, 2.75) is 6.92 Å². The Morgan fingerprint density at radius 2 is 1.89 bits per heavy atom. The van der Waals surface area contributed by atoms with Crippen LogP contribution in [0.15, 0.2) is 70.1 Å². The maximum absolute atomic E-state index is 11.0. The molecule has 0 spiro atoms. The molecular formula is C21H14ClN3O3. The van der Waals surface area contributed by atoms with E-state index in [4.69, 9.17) is 16.0 Å². The van der Waals surface area contributed by atoms with Crippen LogP contribution in [-0.4, -0.2) is 16.1 Å². The van der Waals surface area contributed by atoms with E-state index in [9.17, 15) is 10.1 Å². The number of nitro benzene ring substituents is 1. The van der Waals surface area contributed by atoms with Crippen LogP contribution in [0.1, 0.15) is 11.1 Å². The van der Waals surface area contributed by atoms with Crippen LogP contribution in [0.2, 0.25) is 5.02 Å². The number of aromatic nitrogens is 1. The molecule has 0 unspecified atom stereocenters. The molecule has 0 aliphatic heterocycles. The lowest BCUT2D eigenvalue weighted by Crippen LogP contribution is -1.91. The second-order valence-electron chi connectivity index (χ2n) is 6.26. The van der Waals surface area contributed by atoms with Crippen molar-refractivity contribution in [2.75, 3.05) is 0 Å². The number of hydrogen-bond donors (Lipinski definition) is 0. The van der Waals surface area contributed by atoms with Crippen LogP contribution in [0.3, 0.4) is 0 Å². The first-order valence-corrected chi connectivity index (χ1v) is 8.83. The summed E-state index contributed by atoms with van der Waals surface area (Å²) in [5.41, 5.74) is 4.67. The van der Waals surface area contributed by atoms with Gasteiger partial charge in [-0.2, -0.15) is 0 Å². The van der Waals surface area contributed by atoms with E-state index in [1.807, 2.05) is 49.4 Å². The molecule has 0 N–H and O–H groups in total. The Hall–Kier alpha value is -3.51. The van der Waals surface area contributed by atoms with Crippen LogP contribution in [0, 0.1) is 17.0 Å². The summed E-state index contributed by atoms with van der Waals surface area (Å²) in [4.78, 5) is 19.3. The largest absolute Gasteiger partial charge is 0.436 e. The second kappa shape index (κ2) is 7.25. The van der Waals surface area contributed by atoms with Crippen molar-refractivity contribution in [3.63, 3.8) is 0 Å². The van der Waals surface area contributed by atoms with Crippen molar-refractivity contribution in [3.05, 3.63) is 86.9 Å². The smallest absolute Gasteiger partial charge is 0.288 e. The third kappa shape index (κ3) is 3.63. The van der Waals surface area contributed by atoms with E-state index in [1.165, 1.54) is 12.1 Å². The summed E-state index contributed by atoms with van der Waals surface area (Å²) in [5.74, 6) is 0.546. The number of halogens is 1. The number of benzene rings is 3. The van der Waals surface area contributed by atoms with Crippen molar-refractivity contribution in [1.82, 2.24) is 4.98 Å². The number of oxazole rings is 1. The third-order valence-corrected chi connectivity index (χ3v) is 4.51. The van der Waals surface area contributed by atoms with Crippen molar-refractivity contribution in [2.24, 2.45) is 4.99 Å². The lowest BCUT2D eigenvalue weighted by Gasteiger charge is -1.99. The summed E-state index contributed by atoms with van der Waals surface area (Å²) in [7, 11) is 0. The molecule has 4 aromatic rings. The van der Waals surface area contributed by atoms with Crippen LogP contribution >= 0.6 is 11.6 Å². The molecule has 0 fully saturated rings. The zero-order valence-electron chi connectivity index (χ0n) is 14.8. The molecule has 0 radical (unpaired) electrons. The summed E-state index contributed by atoms with van der Waals surface area (Å²) in [6.07, 6.45) is 1.56. The minimum atomic E-state index is -0.518. The molecule has 0 aliphatic rings. The molecule has 0 saturated carbocycles. The molecule has 1 heterocycles. The maximum Gasteiger partial charge on any atom is 0.288 e. The van der Waals surface area contributed by atoms with Crippen molar-refractivity contribution >= 4 is 40.3 Å². The summed E-state index contributed by atoms with van der Waals surface area (Å²) in [6.45, 7) is 2.00. The molecule has 28 heavy (non-hydrogen) atoms. The standard InChI is InChI=1S/C21H14ClN3O3/c1-13-2-9-18-20(10-13)28-21(24-18)15-4-6-16(7-5-15)23-12-14-3-8-17(22)19(11-14)25(26)27/h2-12H,1H3. The second-order valence-corrected chi connectivity index (χ2v) is 6.67. The van der Waals surface area contributed by atoms with E-state index >= 15 is 0 Å². The number of nitro groups is 1. The highest BCUT2D eigenvalue weighted by Crippen LogP contribution is 2.27. The Bertz CT molecular complexity index is 1210. The van der Waals surface area contributed by atoms with Gasteiger partial charge in [-0.05, 0) is 60.5 Å². The SMILES string of the molecule is Cc1ccc2nc(-c3ccc(N=Cc4ccc(Cl)c([N+](=O)[O-])c4)cc3)oc2c1. The number of aryl methyl sites for hydroxylation is 1. The highest BCUT2D eigenvalue weighted by Gasteiger charge is 2.12. The van der Waals surface area contributed by atoms with Crippen LogP contribution < -0.4 is 0 Å². The molecule has 3 aromatic carbocycles. The van der Waals surface area contributed by atoms with Crippen LogP contribution in [0.5, 0.6) is 0 Å². The highest BCUT2D eigenvalue weighted by atomic mass is 35.5. The quantitative estimate of drug-likeness (QED) is 0.238. The van der Waals surface area contributed by atoms with Crippen LogP contribution in [0.4, 0.5) is 11.4 Å². The van der Waals surface area contributed by atoms with Gasteiger partial charge in [0.25, 0.3) is 5.69 Å². The highest BCUT2D eigenvalue weighted by molar-refractivity contribution is 6.32. The van der Waals surface area contributed by atoms with Gasteiger partial charge in [0, 0.05) is 17.8 Å². The lowest BCUT2D eigenvalue weighted by molar-refractivity contribution is -0.384. The first kappa shape index (κ1) is 17.9. The van der Waals surface area contributed by atoms with Crippen LogP contribution in [-0.2, 0) is 0 Å². The molecule has 0 aliphatic carbocycles. The molecular weight excluding hydrogens is 378 g/mol. The molecule has 0 amide bonds. The van der Waals surface area contributed by atoms with E-state index in [0.717, 1.165) is 22.2 Å². The molecule has 6 nitrogen and oxygen atoms in total. The Morgan fingerprint density at radius 3 is 2.64 bits per heavy atom. The van der Waals surface area contributed by atoms with Gasteiger partial charge < -0.3 is 4.42 Å².